The normalized spacial score (nSPS) is 21.2. The predicted octanol–water partition coefficient (Wildman–Crippen LogP) is 3.51. The third-order valence-electron chi connectivity index (χ3n) is 3.40. The van der Waals surface area contributed by atoms with Gasteiger partial charge in [0.05, 0.1) is 0 Å². The summed E-state index contributed by atoms with van der Waals surface area (Å²) in [5, 5.41) is 0. The maximum absolute atomic E-state index is 2.31. The molecule has 0 nitrogen and oxygen atoms in total. The summed E-state index contributed by atoms with van der Waals surface area (Å²) in [7, 11) is 0. The van der Waals surface area contributed by atoms with Crippen LogP contribution in [0.15, 0.2) is 18.2 Å². The van der Waals surface area contributed by atoms with E-state index in [2.05, 4.69) is 32.0 Å². The van der Waals surface area contributed by atoms with Gasteiger partial charge in [0.2, 0.25) is 0 Å². The summed E-state index contributed by atoms with van der Waals surface area (Å²) < 4.78 is 0. The predicted molar refractivity (Wildman–Crippen MR) is 57.0 cm³/mol. The lowest BCUT2D eigenvalue weighted by Crippen LogP contribution is -2.14. The Morgan fingerprint density at radius 3 is 3.00 bits per heavy atom. The first-order valence-corrected chi connectivity index (χ1v) is 5.38. The fourth-order valence-electron chi connectivity index (χ4n) is 2.39. The Kier molecular flexibility index (Phi) is 2.39. The molecule has 0 aliphatic heterocycles. The third kappa shape index (κ3) is 1.63. The highest BCUT2D eigenvalue weighted by Gasteiger charge is 2.17. The average molecular weight is 174 g/mol. The molecule has 0 heterocycles. The Labute approximate surface area is 81.0 Å². The van der Waals surface area contributed by atoms with Crippen molar-refractivity contribution in [2.24, 2.45) is 5.92 Å². The minimum atomic E-state index is 0.939. The number of aryl methyl sites for hydroxylation is 2. The van der Waals surface area contributed by atoms with Crippen LogP contribution in [-0.2, 0) is 12.8 Å². The average Bonchev–Trinajstić information content (AvgIpc) is 2.18. The highest BCUT2D eigenvalue weighted by Crippen LogP contribution is 2.29. The van der Waals surface area contributed by atoms with Crippen LogP contribution in [0.2, 0.25) is 0 Å². The summed E-state index contributed by atoms with van der Waals surface area (Å²) in [5.41, 5.74) is 4.74. The quantitative estimate of drug-likeness (QED) is 0.611. The van der Waals surface area contributed by atoms with Crippen molar-refractivity contribution in [1.29, 1.82) is 0 Å². The molecule has 0 amide bonds. The Hall–Kier alpha value is -0.780. The van der Waals surface area contributed by atoms with Gasteiger partial charge in [0, 0.05) is 0 Å². The molecule has 1 aromatic rings. The fraction of sp³-hybridized carbons (Fsp3) is 0.538. The van der Waals surface area contributed by atoms with E-state index in [1.54, 1.807) is 11.1 Å². The van der Waals surface area contributed by atoms with E-state index in [0.29, 0.717) is 0 Å². The van der Waals surface area contributed by atoms with E-state index in [4.69, 9.17) is 0 Å². The smallest absolute Gasteiger partial charge is 0.0245 e. The van der Waals surface area contributed by atoms with Crippen molar-refractivity contribution in [2.45, 2.75) is 39.5 Å². The van der Waals surface area contributed by atoms with E-state index in [-0.39, 0.29) is 0 Å². The lowest BCUT2D eigenvalue weighted by atomic mass is 9.81. The van der Waals surface area contributed by atoms with Gasteiger partial charge in [0.1, 0.15) is 0 Å². The van der Waals surface area contributed by atoms with Gasteiger partial charge >= 0.3 is 0 Å². The molecule has 0 saturated heterocycles. The monoisotopic (exact) mass is 174 g/mol. The molecular weight excluding hydrogens is 156 g/mol. The molecule has 0 radical (unpaired) electrons. The molecule has 0 aromatic heterocycles. The van der Waals surface area contributed by atoms with E-state index in [9.17, 15) is 0 Å². The van der Waals surface area contributed by atoms with Gasteiger partial charge in [-0.25, -0.2) is 0 Å². The lowest BCUT2D eigenvalue weighted by Gasteiger charge is -2.24. The first-order chi connectivity index (χ1) is 6.31. The minimum Gasteiger partial charge on any atom is -0.0651 e. The van der Waals surface area contributed by atoms with Crippen molar-refractivity contribution in [3.8, 4) is 0 Å². The largest absolute Gasteiger partial charge is 0.0651 e. The Morgan fingerprint density at radius 1 is 1.38 bits per heavy atom. The first-order valence-electron chi connectivity index (χ1n) is 5.38. The van der Waals surface area contributed by atoms with E-state index in [1.165, 1.54) is 31.2 Å². The summed E-state index contributed by atoms with van der Waals surface area (Å²) >= 11 is 0. The van der Waals surface area contributed by atoms with Gasteiger partial charge in [0.15, 0.2) is 0 Å². The van der Waals surface area contributed by atoms with Crippen molar-refractivity contribution in [3.63, 3.8) is 0 Å². The number of hydrogen-bond acceptors (Lipinski definition) is 0. The van der Waals surface area contributed by atoms with Crippen LogP contribution in [0.3, 0.4) is 0 Å². The SMILES string of the molecule is CCC1CCc2cccc(C)c2C1. The zero-order valence-corrected chi connectivity index (χ0v) is 8.64. The third-order valence-corrected chi connectivity index (χ3v) is 3.40. The zero-order valence-electron chi connectivity index (χ0n) is 8.64. The standard InChI is InChI=1S/C13H18/c1-3-11-7-8-12-6-4-5-10(2)13(12)9-11/h4-6,11H,3,7-9H2,1-2H3. The fourth-order valence-corrected chi connectivity index (χ4v) is 2.39. The van der Waals surface area contributed by atoms with E-state index >= 15 is 0 Å². The van der Waals surface area contributed by atoms with Crippen LogP contribution in [0.25, 0.3) is 0 Å². The van der Waals surface area contributed by atoms with Gasteiger partial charge in [-0.1, -0.05) is 31.5 Å². The van der Waals surface area contributed by atoms with Crippen LogP contribution in [0.4, 0.5) is 0 Å². The molecule has 0 N–H and O–H groups in total. The van der Waals surface area contributed by atoms with Crippen molar-refractivity contribution < 1.29 is 0 Å². The highest BCUT2D eigenvalue weighted by molar-refractivity contribution is 5.36. The number of benzene rings is 1. The van der Waals surface area contributed by atoms with Crippen LogP contribution in [0.1, 0.15) is 36.5 Å². The molecule has 1 aliphatic rings. The summed E-state index contributed by atoms with van der Waals surface area (Å²) in [6, 6.07) is 6.74. The van der Waals surface area contributed by atoms with Crippen molar-refractivity contribution in [2.75, 3.05) is 0 Å². The van der Waals surface area contributed by atoms with Crippen LogP contribution in [0.5, 0.6) is 0 Å². The van der Waals surface area contributed by atoms with Gasteiger partial charge in [0.25, 0.3) is 0 Å². The molecule has 1 aromatic carbocycles. The lowest BCUT2D eigenvalue weighted by molar-refractivity contribution is 0.444. The van der Waals surface area contributed by atoms with Crippen LogP contribution >= 0.6 is 0 Å². The molecule has 70 valence electrons. The summed E-state index contributed by atoms with van der Waals surface area (Å²) in [4.78, 5) is 0. The molecule has 13 heavy (non-hydrogen) atoms. The second kappa shape index (κ2) is 3.53. The molecule has 2 rings (SSSR count). The number of fused-ring (bicyclic) bond motifs is 1. The van der Waals surface area contributed by atoms with Crippen LogP contribution < -0.4 is 0 Å². The van der Waals surface area contributed by atoms with Crippen molar-refractivity contribution in [3.05, 3.63) is 34.9 Å². The van der Waals surface area contributed by atoms with E-state index in [1.807, 2.05) is 0 Å². The molecule has 1 unspecified atom stereocenters. The molecule has 0 heteroatoms. The van der Waals surface area contributed by atoms with Crippen LogP contribution in [-0.4, -0.2) is 0 Å². The van der Waals surface area contributed by atoms with E-state index < -0.39 is 0 Å². The molecule has 1 aliphatic carbocycles. The first kappa shape index (κ1) is 8.80. The van der Waals surface area contributed by atoms with Gasteiger partial charge in [-0.05, 0) is 48.8 Å². The molecule has 0 bridgehead atoms. The summed E-state index contributed by atoms with van der Waals surface area (Å²) in [6.45, 7) is 4.56. The van der Waals surface area contributed by atoms with Crippen molar-refractivity contribution in [1.82, 2.24) is 0 Å². The second-order valence-electron chi connectivity index (χ2n) is 4.23. The Morgan fingerprint density at radius 2 is 2.23 bits per heavy atom. The molecular formula is C13H18. The molecule has 1 atom stereocenters. The summed E-state index contributed by atoms with van der Waals surface area (Å²) in [6.07, 6.45) is 5.36. The summed E-state index contributed by atoms with van der Waals surface area (Å²) in [5.74, 6) is 0.939. The number of hydrogen-bond donors (Lipinski definition) is 0. The van der Waals surface area contributed by atoms with Gasteiger partial charge in [-0.2, -0.15) is 0 Å². The van der Waals surface area contributed by atoms with Gasteiger partial charge < -0.3 is 0 Å². The maximum Gasteiger partial charge on any atom is -0.0245 e. The zero-order chi connectivity index (χ0) is 9.26. The van der Waals surface area contributed by atoms with Gasteiger partial charge in [-0.3, -0.25) is 0 Å². The minimum absolute atomic E-state index is 0.939. The van der Waals surface area contributed by atoms with Crippen molar-refractivity contribution >= 4 is 0 Å². The maximum atomic E-state index is 2.31. The highest BCUT2D eigenvalue weighted by atomic mass is 14.2. The molecule has 0 fully saturated rings. The second-order valence-corrected chi connectivity index (χ2v) is 4.23. The molecule has 0 saturated carbocycles. The Bertz CT molecular complexity index is 299. The van der Waals surface area contributed by atoms with E-state index in [0.717, 1.165) is 5.92 Å². The topological polar surface area (TPSA) is 0 Å². The molecule has 0 spiro atoms. The number of rotatable bonds is 1. The Balaban J connectivity index is 2.32. The van der Waals surface area contributed by atoms with Gasteiger partial charge in [-0.15, -0.1) is 0 Å². The van der Waals surface area contributed by atoms with Crippen LogP contribution in [0, 0.1) is 12.8 Å².